The molecule has 0 unspecified atom stereocenters. The molecule has 0 aliphatic carbocycles. The summed E-state index contributed by atoms with van der Waals surface area (Å²) in [5.74, 6) is 0.890. The molecule has 27 heavy (non-hydrogen) atoms. The number of aromatic nitrogens is 1. The summed E-state index contributed by atoms with van der Waals surface area (Å²) in [5.41, 5.74) is 4.76. The molecule has 0 spiro atoms. The van der Waals surface area contributed by atoms with Crippen LogP contribution >= 0.6 is 15.9 Å². The van der Waals surface area contributed by atoms with Gasteiger partial charge < -0.3 is 14.5 Å². The number of nitrogens with zero attached hydrogens (tertiary/aromatic N) is 2. The van der Waals surface area contributed by atoms with E-state index in [4.69, 9.17) is 9.15 Å². The molecule has 0 atom stereocenters. The van der Waals surface area contributed by atoms with Crippen molar-refractivity contribution < 1.29 is 13.9 Å². The zero-order valence-electron chi connectivity index (χ0n) is 14.7. The molecule has 1 amide bonds. The summed E-state index contributed by atoms with van der Waals surface area (Å²) >= 11 is 3.43. The van der Waals surface area contributed by atoms with Crippen molar-refractivity contribution in [2.24, 2.45) is 4.99 Å². The fourth-order valence-corrected chi connectivity index (χ4v) is 3.63. The van der Waals surface area contributed by atoms with Gasteiger partial charge in [0.25, 0.3) is 5.91 Å². The number of hydrogen-bond donors (Lipinski definition) is 1. The number of aryl methyl sites for hydroxylation is 1. The van der Waals surface area contributed by atoms with Crippen molar-refractivity contribution in [1.82, 2.24) is 4.98 Å². The number of fused-ring (bicyclic) bond motifs is 1. The number of aliphatic imine (C=N–C) groups is 1. The summed E-state index contributed by atoms with van der Waals surface area (Å²) in [6.07, 6.45) is 3.01. The Kier molecular flexibility index (Phi) is 4.53. The third-order valence-corrected chi connectivity index (χ3v) is 5.07. The van der Waals surface area contributed by atoms with Crippen molar-refractivity contribution in [1.29, 1.82) is 0 Å². The van der Waals surface area contributed by atoms with Crippen LogP contribution in [0.5, 0.6) is 5.75 Å². The fraction of sp³-hybridized carbons (Fsp3) is 0.150. The molecule has 1 N–H and O–H groups in total. The molecular weight excluding hydrogens is 410 g/mol. The first-order valence-corrected chi connectivity index (χ1v) is 9.09. The minimum atomic E-state index is -0.234. The molecule has 1 aliphatic rings. The minimum absolute atomic E-state index is 0.234. The number of benzene rings is 2. The Balaban J connectivity index is 1.66. The SMILES string of the molecule is COc1c(Br)ccc(C)c1C(=O)Nc1ccc2c(c1)C(c1cnco1)=NC2. The minimum Gasteiger partial charge on any atom is -0.495 e. The molecule has 2 heterocycles. The highest BCUT2D eigenvalue weighted by atomic mass is 79.9. The quantitative estimate of drug-likeness (QED) is 0.673. The van der Waals surface area contributed by atoms with Gasteiger partial charge in [0.2, 0.25) is 0 Å². The molecule has 7 heteroatoms. The number of ether oxygens (including phenoxy) is 1. The van der Waals surface area contributed by atoms with Crippen molar-refractivity contribution in [3.8, 4) is 5.75 Å². The topological polar surface area (TPSA) is 76.7 Å². The summed E-state index contributed by atoms with van der Waals surface area (Å²) in [6, 6.07) is 9.47. The second-order valence-electron chi connectivity index (χ2n) is 6.13. The van der Waals surface area contributed by atoms with Crippen LogP contribution in [0.15, 0.2) is 56.8 Å². The summed E-state index contributed by atoms with van der Waals surface area (Å²) < 4.78 is 11.5. The molecule has 1 aromatic heterocycles. The Labute approximate surface area is 164 Å². The number of rotatable bonds is 4. The van der Waals surface area contributed by atoms with Gasteiger partial charge in [-0.25, -0.2) is 4.98 Å². The number of carbonyl (C=O) groups is 1. The number of anilines is 1. The highest BCUT2D eigenvalue weighted by Crippen LogP contribution is 2.32. The van der Waals surface area contributed by atoms with E-state index in [2.05, 4.69) is 31.2 Å². The number of carbonyl (C=O) groups excluding carboxylic acids is 1. The molecule has 0 fully saturated rings. The maximum atomic E-state index is 12.9. The second kappa shape index (κ2) is 7.00. The van der Waals surface area contributed by atoms with E-state index >= 15 is 0 Å². The van der Waals surface area contributed by atoms with Gasteiger partial charge in [-0.2, -0.15) is 0 Å². The maximum Gasteiger partial charge on any atom is 0.259 e. The lowest BCUT2D eigenvalue weighted by molar-refractivity contribution is 0.102. The number of amides is 1. The number of methoxy groups -OCH3 is 1. The third-order valence-electron chi connectivity index (χ3n) is 4.45. The van der Waals surface area contributed by atoms with E-state index in [0.29, 0.717) is 29.3 Å². The number of nitrogens with one attached hydrogen (secondary N) is 1. The standard InChI is InChI=1S/C20H16BrN3O3/c1-11-3-6-15(21)19(26-2)17(11)20(25)24-13-5-4-12-8-23-18(14(12)7-13)16-9-22-10-27-16/h3-7,9-10H,8H2,1-2H3,(H,24,25). The van der Waals surface area contributed by atoms with Crippen LogP contribution in [0.25, 0.3) is 0 Å². The lowest BCUT2D eigenvalue weighted by Crippen LogP contribution is -2.15. The van der Waals surface area contributed by atoms with Crippen LogP contribution in [0.1, 0.15) is 32.8 Å². The van der Waals surface area contributed by atoms with Crippen molar-refractivity contribution in [3.63, 3.8) is 0 Å². The second-order valence-corrected chi connectivity index (χ2v) is 6.98. The molecular formula is C20H16BrN3O3. The van der Waals surface area contributed by atoms with E-state index in [1.807, 2.05) is 37.3 Å². The molecule has 1 aliphatic heterocycles. The van der Waals surface area contributed by atoms with Crippen LogP contribution in [0.4, 0.5) is 5.69 Å². The highest BCUT2D eigenvalue weighted by Gasteiger charge is 2.22. The van der Waals surface area contributed by atoms with Gasteiger partial charge in [0.15, 0.2) is 12.2 Å². The van der Waals surface area contributed by atoms with Gasteiger partial charge in [0.1, 0.15) is 11.5 Å². The van der Waals surface area contributed by atoms with Crippen molar-refractivity contribution in [2.45, 2.75) is 13.5 Å². The Bertz CT molecular complexity index is 1060. The number of oxazole rings is 1. The van der Waals surface area contributed by atoms with E-state index in [-0.39, 0.29) is 5.91 Å². The monoisotopic (exact) mass is 425 g/mol. The van der Waals surface area contributed by atoms with Gasteiger partial charge in [-0.05, 0) is 52.2 Å². The summed E-state index contributed by atoms with van der Waals surface area (Å²) in [4.78, 5) is 21.4. The van der Waals surface area contributed by atoms with Gasteiger partial charge >= 0.3 is 0 Å². The van der Waals surface area contributed by atoms with Gasteiger partial charge in [-0.1, -0.05) is 12.1 Å². The van der Waals surface area contributed by atoms with Crippen LogP contribution in [0.3, 0.4) is 0 Å². The zero-order chi connectivity index (χ0) is 19.0. The van der Waals surface area contributed by atoms with Crippen LogP contribution in [-0.4, -0.2) is 23.7 Å². The molecule has 0 saturated carbocycles. The molecule has 3 aromatic rings. The largest absolute Gasteiger partial charge is 0.495 e. The van der Waals surface area contributed by atoms with Gasteiger partial charge in [0.05, 0.1) is 29.9 Å². The average Bonchev–Trinajstić information content (AvgIpc) is 3.32. The van der Waals surface area contributed by atoms with E-state index in [0.717, 1.165) is 26.9 Å². The van der Waals surface area contributed by atoms with E-state index in [9.17, 15) is 4.79 Å². The summed E-state index contributed by atoms with van der Waals surface area (Å²) in [6.45, 7) is 2.46. The van der Waals surface area contributed by atoms with Crippen LogP contribution in [0, 0.1) is 6.92 Å². The van der Waals surface area contributed by atoms with Crippen LogP contribution in [0.2, 0.25) is 0 Å². The van der Waals surface area contributed by atoms with E-state index in [1.165, 1.54) is 6.39 Å². The Morgan fingerprint density at radius 3 is 2.89 bits per heavy atom. The van der Waals surface area contributed by atoms with Crippen molar-refractivity contribution in [2.75, 3.05) is 12.4 Å². The van der Waals surface area contributed by atoms with E-state index < -0.39 is 0 Å². The highest BCUT2D eigenvalue weighted by molar-refractivity contribution is 9.10. The zero-order valence-corrected chi connectivity index (χ0v) is 16.3. The predicted molar refractivity (Wildman–Crippen MR) is 106 cm³/mol. The molecule has 2 aromatic carbocycles. The van der Waals surface area contributed by atoms with Crippen molar-refractivity contribution in [3.05, 3.63) is 75.4 Å². The summed E-state index contributed by atoms with van der Waals surface area (Å²) in [7, 11) is 1.55. The molecule has 6 nitrogen and oxygen atoms in total. The first-order valence-electron chi connectivity index (χ1n) is 8.29. The Morgan fingerprint density at radius 2 is 2.15 bits per heavy atom. The van der Waals surface area contributed by atoms with E-state index in [1.54, 1.807) is 13.3 Å². The smallest absolute Gasteiger partial charge is 0.259 e. The first-order chi connectivity index (χ1) is 13.1. The summed E-state index contributed by atoms with van der Waals surface area (Å²) in [5, 5.41) is 2.96. The molecule has 136 valence electrons. The lowest BCUT2D eigenvalue weighted by Gasteiger charge is -2.14. The molecule has 4 rings (SSSR count). The normalized spacial score (nSPS) is 12.5. The number of halogens is 1. The van der Waals surface area contributed by atoms with Gasteiger partial charge in [-0.3, -0.25) is 9.79 Å². The number of hydrogen-bond acceptors (Lipinski definition) is 5. The Morgan fingerprint density at radius 1 is 1.30 bits per heavy atom. The molecule has 0 saturated heterocycles. The fourth-order valence-electron chi connectivity index (χ4n) is 3.14. The van der Waals surface area contributed by atoms with Gasteiger partial charge in [0, 0.05) is 11.3 Å². The van der Waals surface area contributed by atoms with Crippen molar-refractivity contribution >= 4 is 33.2 Å². The third kappa shape index (κ3) is 3.14. The lowest BCUT2D eigenvalue weighted by atomic mass is 10.0. The van der Waals surface area contributed by atoms with Crippen LogP contribution < -0.4 is 10.1 Å². The molecule has 0 bridgehead atoms. The predicted octanol–water partition coefficient (Wildman–Crippen LogP) is 4.36. The van der Waals surface area contributed by atoms with Gasteiger partial charge in [-0.15, -0.1) is 0 Å². The molecule has 0 radical (unpaired) electrons. The first kappa shape index (κ1) is 17.5. The maximum absolute atomic E-state index is 12.9. The van der Waals surface area contributed by atoms with Crippen LogP contribution in [-0.2, 0) is 6.54 Å². The average molecular weight is 426 g/mol. The Hall–Kier alpha value is -2.93.